The van der Waals surface area contributed by atoms with Gasteiger partial charge in [-0.25, -0.2) is 9.59 Å². The highest BCUT2D eigenvalue weighted by Gasteiger charge is 2.38. The Bertz CT molecular complexity index is 1150. The topological polar surface area (TPSA) is 104 Å². The largest absolute Gasteiger partial charge is 0.490 e. The number of carboxylic acids is 1. The van der Waals surface area contributed by atoms with E-state index in [0.717, 1.165) is 41.9 Å². The van der Waals surface area contributed by atoms with Gasteiger partial charge in [-0.15, -0.1) is 0 Å². The van der Waals surface area contributed by atoms with Crippen LogP contribution in [0.1, 0.15) is 17.4 Å². The van der Waals surface area contributed by atoms with Crippen LogP contribution >= 0.6 is 0 Å². The highest BCUT2D eigenvalue weighted by molar-refractivity contribution is 5.78. The number of hydrogen-bond donors (Lipinski definition) is 2. The second-order valence-corrected chi connectivity index (χ2v) is 7.97. The zero-order valence-electron chi connectivity index (χ0n) is 18.7. The van der Waals surface area contributed by atoms with Crippen molar-refractivity contribution in [2.24, 2.45) is 0 Å². The number of amides is 2. The summed E-state index contributed by atoms with van der Waals surface area (Å²) in [6.07, 6.45) is -3.26. The molecule has 3 heterocycles. The maximum absolute atomic E-state index is 11.9. The molecule has 0 fully saturated rings. The minimum atomic E-state index is -5.08. The van der Waals surface area contributed by atoms with E-state index in [1.165, 1.54) is 0 Å². The monoisotopic (exact) mass is 478 g/mol. The number of halogens is 3. The molecule has 0 radical (unpaired) electrons. The van der Waals surface area contributed by atoms with Gasteiger partial charge in [0.05, 0.1) is 22.9 Å². The number of para-hydroxylation sites is 1. The molecule has 0 aliphatic carbocycles. The van der Waals surface area contributed by atoms with Crippen LogP contribution in [0.15, 0.2) is 48.7 Å². The number of carbonyl (C=O) groups excluding carboxylic acids is 1. The van der Waals surface area contributed by atoms with Crippen LogP contribution in [0, 0.1) is 0 Å². The van der Waals surface area contributed by atoms with Gasteiger partial charge in [-0.2, -0.15) is 18.3 Å². The number of nitrogens with zero attached hydrogens (tertiary/aromatic N) is 5. The number of nitrogens with one attached hydrogen (secondary N) is 1. The van der Waals surface area contributed by atoms with Crippen LogP contribution in [-0.4, -0.2) is 75.0 Å². The van der Waals surface area contributed by atoms with Crippen LogP contribution in [0.4, 0.5) is 18.0 Å². The summed E-state index contributed by atoms with van der Waals surface area (Å²) in [4.78, 5) is 29.5. The number of pyridine rings is 1. The lowest BCUT2D eigenvalue weighted by molar-refractivity contribution is -0.192. The highest BCUT2D eigenvalue weighted by atomic mass is 19.4. The average Bonchev–Trinajstić information content (AvgIpc) is 3.25. The third kappa shape index (κ3) is 6.44. The fraction of sp³-hybridized carbons (Fsp3) is 0.364. The van der Waals surface area contributed by atoms with Gasteiger partial charge in [-0.1, -0.05) is 24.3 Å². The third-order valence-electron chi connectivity index (χ3n) is 5.13. The molecular formula is C22H25F3N6O3. The first-order chi connectivity index (χ1) is 16.0. The Labute approximate surface area is 193 Å². The predicted octanol–water partition coefficient (Wildman–Crippen LogP) is 2.89. The van der Waals surface area contributed by atoms with E-state index in [2.05, 4.69) is 33.5 Å². The molecule has 12 heteroatoms. The number of alkyl halides is 3. The van der Waals surface area contributed by atoms with Gasteiger partial charge in [-0.05, 0) is 18.2 Å². The van der Waals surface area contributed by atoms with Crippen molar-refractivity contribution in [1.29, 1.82) is 0 Å². The molecule has 1 atom stereocenters. The number of urea groups is 1. The van der Waals surface area contributed by atoms with Crippen LogP contribution in [0.3, 0.4) is 0 Å². The lowest BCUT2D eigenvalue weighted by Gasteiger charge is -2.34. The predicted molar refractivity (Wildman–Crippen MR) is 118 cm³/mol. The smallest absolute Gasteiger partial charge is 0.475 e. The first-order valence-corrected chi connectivity index (χ1v) is 10.4. The maximum atomic E-state index is 11.9. The zero-order valence-corrected chi connectivity index (χ0v) is 18.7. The lowest BCUT2D eigenvalue weighted by atomic mass is 10.1. The first-order valence-electron chi connectivity index (χ1n) is 10.4. The second-order valence-electron chi connectivity index (χ2n) is 7.97. The number of carboxylic acid groups (broad SMARTS) is 1. The van der Waals surface area contributed by atoms with Crippen molar-refractivity contribution in [3.8, 4) is 0 Å². The van der Waals surface area contributed by atoms with E-state index in [1.807, 2.05) is 35.1 Å². The lowest BCUT2D eigenvalue weighted by Crippen LogP contribution is -2.44. The molecule has 0 spiro atoms. The molecule has 1 aliphatic heterocycles. The van der Waals surface area contributed by atoms with Crippen molar-refractivity contribution in [2.45, 2.75) is 25.3 Å². The third-order valence-corrected chi connectivity index (χ3v) is 5.13. The van der Waals surface area contributed by atoms with Gasteiger partial charge in [0.15, 0.2) is 0 Å². The molecule has 2 aromatic heterocycles. The Kier molecular flexibility index (Phi) is 7.72. The molecule has 3 aromatic rings. The highest BCUT2D eigenvalue weighted by Crippen LogP contribution is 2.22. The number of fused-ring (bicyclic) bond motifs is 2. The Morgan fingerprint density at radius 3 is 2.56 bits per heavy atom. The Balaban J connectivity index is 0.000000406. The molecule has 0 saturated heterocycles. The van der Waals surface area contributed by atoms with Gasteiger partial charge in [0.2, 0.25) is 0 Å². The minimum absolute atomic E-state index is 0.0861. The van der Waals surface area contributed by atoms with Gasteiger partial charge in [0.1, 0.15) is 0 Å². The van der Waals surface area contributed by atoms with E-state index >= 15 is 0 Å². The van der Waals surface area contributed by atoms with Gasteiger partial charge in [0.25, 0.3) is 0 Å². The number of benzene rings is 1. The van der Waals surface area contributed by atoms with Crippen molar-refractivity contribution in [1.82, 2.24) is 29.9 Å². The number of aliphatic carboxylic acids is 1. The molecule has 182 valence electrons. The number of aromatic nitrogens is 3. The number of carbonyl (C=O) groups is 2. The maximum Gasteiger partial charge on any atom is 0.490 e. The van der Waals surface area contributed by atoms with Crippen LogP contribution in [-0.2, 0) is 17.9 Å². The van der Waals surface area contributed by atoms with E-state index in [0.29, 0.717) is 6.54 Å². The van der Waals surface area contributed by atoms with Crippen molar-refractivity contribution in [3.63, 3.8) is 0 Å². The minimum Gasteiger partial charge on any atom is -0.475 e. The fourth-order valence-corrected chi connectivity index (χ4v) is 3.52. The summed E-state index contributed by atoms with van der Waals surface area (Å²) in [5.41, 5.74) is 3.23. The van der Waals surface area contributed by atoms with Crippen molar-refractivity contribution < 1.29 is 27.9 Å². The number of hydrogen-bond acceptors (Lipinski definition) is 5. The van der Waals surface area contributed by atoms with Crippen LogP contribution in [0.2, 0.25) is 0 Å². The molecule has 0 bridgehead atoms. The van der Waals surface area contributed by atoms with E-state index in [1.54, 1.807) is 19.0 Å². The molecule has 2 N–H and O–H groups in total. The van der Waals surface area contributed by atoms with Crippen molar-refractivity contribution in [3.05, 3.63) is 60.0 Å². The summed E-state index contributed by atoms with van der Waals surface area (Å²) in [6.45, 7) is 2.96. The molecule has 4 rings (SSSR count). The van der Waals surface area contributed by atoms with Crippen LogP contribution < -0.4 is 5.32 Å². The van der Waals surface area contributed by atoms with Crippen LogP contribution in [0.5, 0.6) is 0 Å². The van der Waals surface area contributed by atoms with Gasteiger partial charge >= 0.3 is 18.2 Å². The van der Waals surface area contributed by atoms with Crippen LogP contribution in [0.25, 0.3) is 10.9 Å². The fourth-order valence-electron chi connectivity index (χ4n) is 3.52. The first kappa shape index (κ1) is 25.0. The SMILES string of the molecule is CN(C)C(=O)NCC1CN(Cc2ccc3ccccc3n2)Cc2ccnn21.O=C(O)C(F)(F)F. The quantitative estimate of drug-likeness (QED) is 0.598. The average molecular weight is 478 g/mol. The van der Waals surface area contributed by atoms with E-state index < -0.39 is 12.1 Å². The van der Waals surface area contributed by atoms with Crippen molar-refractivity contribution >= 4 is 22.9 Å². The van der Waals surface area contributed by atoms with Gasteiger partial charge in [0, 0.05) is 51.9 Å². The summed E-state index contributed by atoms with van der Waals surface area (Å²) in [6, 6.07) is 14.5. The summed E-state index contributed by atoms with van der Waals surface area (Å²) in [5, 5.41) is 15.7. The van der Waals surface area contributed by atoms with E-state index in [4.69, 9.17) is 14.9 Å². The number of rotatable bonds is 4. The zero-order chi connectivity index (χ0) is 24.9. The molecule has 1 aliphatic rings. The van der Waals surface area contributed by atoms with E-state index in [9.17, 15) is 18.0 Å². The Morgan fingerprint density at radius 2 is 1.88 bits per heavy atom. The second kappa shape index (κ2) is 10.5. The summed E-state index contributed by atoms with van der Waals surface area (Å²) >= 11 is 0. The van der Waals surface area contributed by atoms with Gasteiger partial charge < -0.3 is 15.3 Å². The summed E-state index contributed by atoms with van der Waals surface area (Å²) < 4.78 is 33.8. The molecule has 0 saturated carbocycles. The molecule has 2 amide bonds. The molecule has 1 unspecified atom stereocenters. The summed E-state index contributed by atoms with van der Waals surface area (Å²) in [7, 11) is 3.49. The van der Waals surface area contributed by atoms with Gasteiger partial charge in [-0.3, -0.25) is 14.6 Å². The standard InChI is InChI=1S/C20H24N6O.C2HF3O2/c1-24(2)20(27)21-11-18-14-25(13-17-9-10-22-26(17)18)12-16-8-7-15-5-3-4-6-19(15)23-16;3-2(4,5)1(6)7/h3-10,18H,11-14H2,1-2H3,(H,21,27);(H,6,7). The molecule has 34 heavy (non-hydrogen) atoms. The molecular weight excluding hydrogens is 453 g/mol. The molecule has 9 nitrogen and oxygen atoms in total. The van der Waals surface area contributed by atoms with E-state index in [-0.39, 0.29) is 12.1 Å². The normalized spacial score (nSPS) is 15.7. The Hall–Kier alpha value is -3.67. The Morgan fingerprint density at radius 1 is 1.18 bits per heavy atom. The molecule has 1 aromatic carbocycles. The van der Waals surface area contributed by atoms with Crippen molar-refractivity contribution in [2.75, 3.05) is 27.2 Å². The summed E-state index contributed by atoms with van der Waals surface area (Å²) in [5.74, 6) is -2.76.